The Morgan fingerprint density at radius 3 is 2.69 bits per heavy atom. The Morgan fingerprint density at radius 1 is 1.09 bits per heavy atom. The molecule has 9 heteroatoms. The van der Waals surface area contributed by atoms with Crippen LogP contribution in [-0.4, -0.2) is 40.8 Å². The first kappa shape index (κ1) is 20.8. The van der Waals surface area contributed by atoms with Crippen LogP contribution in [0.4, 0.5) is 0 Å². The molecule has 32 heavy (non-hydrogen) atoms. The summed E-state index contributed by atoms with van der Waals surface area (Å²) < 4.78 is 16.1. The lowest BCUT2D eigenvalue weighted by atomic mass is 9.96. The van der Waals surface area contributed by atoms with Crippen LogP contribution in [-0.2, 0) is 17.9 Å². The van der Waals surface area contributed by atoms with E-state index in [4.69, 9.17) is 25.6 Å². The summed E-state index contributed by atoms with van der Waals surface area (Å²) in [5.41, 5.74) is 1.86. The summed E-state index contributed by atoms with van der Waals surface area (Å²) in [5, 5.41) is 7.78. The van der Waals surface area contributed by atoms with Gasteiger partial charge in [-0.15, -0.1) is 0 Å². The largest absolute Gasteiger partial charge is 0.454 e. The molecule has 2 aliphatic rings. The van der Waals surface area contributed by atoms with Crippen molar-refractivity contribution in [2.24, 2.45) is 5.92 Å². The van der Waals surface area contributed by atoms with E-state index in [1.54, 1.807) is 12.1 Å². The number of piperidine rings is 1. The van der Waals surface area contributed by atoms with Crippen molar-refractivity contribution in [3.05, 3.63) is 58.9 Å². The summed E-state index contributed by atoms with van der Waals surface area (Å²) in [6.45, 7) is 2.91. The molecule has 3 heterocycles. The van der Waals surface area contributed by atoms with Gasteiger partial charge in [-0.3, -0.25) is 9.69 Å². The second kappa shape index (κ2) is 9.18. The molecule has 1 fully saturated rings. The first-order valence-corrected chi connectivity index (χ1v) is 11.0. The van der Waals surface area contributed by atoms with Crippen molar-refractivity contribution in [2.45, 2.75) is 25.9 Å². The normalized spacial score (nSPS) is 16.3. The molecule has 1 N–H and O–H groups in total. The van der Waals surface area contributed by atoms with Gasteiger partial charge in [0.05, 0.1) is 6.54 Å². The van der Waals surface area contributed by atoms with E-state index >= 15 is 0 Å². The summed E-state index contributed by atoms with van der Waals surface area (Å²) in [5.74, 6) is 2.69. The number of aromatic nitrogens is 2. The van der Waals surface area contributed by atoms with Gasteiger partial charge >= 0.3 is 0 Å². The van der Waals surface area contributed by atoms with Crippen molar-refractivity contribution in [3.8, 4) is 22.9 Å². The average molecular weight is 455 g/mol. The number of ether oxygens (including phenoxy) is 2. The maximum Gasteiger partial charge on any atom is 0.241 e. The van der Waals surface area contributed by atoms with Crippen molar-refractivity contribution in [1.29, 1.82) is 0 Å². The van der Waals surface area contributed by atoms with Gasteiger partial charge in [-0.25, -0.2) is 0 Å². The summed E-state index contributed by atoms with van der Waals surface area (Å²) in [6.07, 6.45) is 1.59. The van der Waals surface area contributed by atoms with Crippen molar-refractivity contribution < 1.29 is 18.8 Å². The Labute approximate surface area is 190 Å². The molecular formula is C23H23ClN4O4. The van der Waals surface area contributed by atoms with Gasteiger partial charge in [-0.2, -0.15) is 4.98 Å². The Kier molecular flexibility index (Phi) is 5.96. The van der Waals surface area contributed by atoms with Crippen molar-refractivity contribution >= 4 is 17.5 Å². The fourth-order valence-corrected chi connectivity index (χ4v) is 4.09. The van der Waals surface area contributed by atoms with Gasteiger partial charge in [0.25, 0.3) is 0 Å². The van der Waals surface area contributed by atoms with E-state index in [-0.39, 0.29) is 18.6 Å². The smallest absolute Gasteiger partial charge is 0.241 e. The van der Waals surface area contributed by atoms with E-state index < -0.39 is 0 Å². The second-order valence-electron chi connectivity index (χ2n) is 7.97. The molecule has 2 aliphatic heterocycles. The van der Waals surface area contributed by atoms with Gasteiger partial charge in [0.2, 0.25) is 24.4 Å². The number of rotatable bonds is 6. The van der Waals surface area contributed by atoms with Crippen LogP contribution >= 0.6 is 11.6 Å². The number of nitrogens with one attached hydrogen (secondary N) is 1. The van der Waals surface area contributed by atoms with Gasteiger partial charge in [-0.1, -0.05) is 22.8 Å². The van der Waals surface area contributed by atoms with Crippen LogP contribution < -0.4 is 14.8 Å². The molecule has 0 unspecified atom stereocenters. The number of amides is 1. The predicted molar refractivity (Wildman–Crippen MR) is 117 cm³/mol. The Balaban J connectivity index is 1.09. The van der Waals surface area contributed by atoms with E-state index in [9.17, 15) is 4.79 Å². The number of benzene rings is 2. The number of carbonyl (C=O) groups is 1. The van der Waals surface area contributed by atoms with E-state index in [2.05, 4.69) is 20.4 Å². The second-order valence-corrected chi connectivity index (χ2v) is 8.41. The fourth-order valence-electron chi connectivity index (χ4n) is 3.96. The summed E-state index contributed by atoms with van der Waals surface area (Å²) in [7, 11) is 0. The molecule has 0 spiro atoms. The highest BCUT2D eigenvalue weighted by Gasteiger charge is 2.26. The standard InChI is InChI=1S/C23H23ClN4O4/c24-18-4-2-16(3-5-18)22-26-21(32-27-22)13-28-9-7-17(8-10-28)23(29)25-12-15-1-6-19-20(11-15)31-14-30-19/h1-6,11,17H,7-10,12-14H2,(H,25,29). The zero-order valence-corrected chi connectivity index (χ0v) is 18.2. The highest BCUT2D eigenvalue weighted by atomic mass is 35.5. The lowest BCUT2D eigenvalue weighted by Gasteiger charge is -2.30. The summed E-state index contributed by atoms with van der Waals surface area (Å²) >= 11 is 5.93. The number of halogens is 1. The van der Waals surface area contributed by atoms with E-state index in [0.717, 1.165) is 48.6 Å². The predicted octanol–water partition coefficient (Wildman–Crippen LogP) is 3.65. The minimum absolute atomic E-state index is 0.00701. The van der Waals surface area contributed by atoms with Gasteiger partial charge in [0.15, 0.2) is 11.5 Å². The highest BCUT2D eigenvalue weighted by Crippen LogP contribution is 2.32. The molecule has 1 saturated heterocycles. The van der Waals surface area contributed by atoms with E-state index in [1.807, 2.05) is 30.3 Å². The number of hydrogen-bond donors (Lipinski definition) is 1. The van der Waals surface area contributed by atoms with Gasteiger partial charge in [0, 0.05) is 23.0 Å². The van der Waals surface area contributed by atoms with E-state index in [1.165, 1.54) is 0 Å². The molecule has 2 aromatic carbocycles. The van der Waals surface area contributed by atoms with Crippen molar-refractivity contribution in [3.63, 3.8) is 0 Å². The highest BCUT2D eigenvalue weighted by molar-refractivity contribution is 6.30. The monoisotopic (exact) mass is 454 g/mol. The Bertz CT molecular complexity index is 1090. The molecule has 0 aliphatic carbocycles. The van der Waals surface area contributed by atoms with Crippen LogP contribution in [0, 0.1) is 5.92 Å². The third-order valence-electron chi connectivity index (χ3n) is 5.79. The fraction of sp³-hybridized carbons (Fsp3) is 0.348. The van der Waals surface area contributed by atoms with Gasteiger partial charge in [0.1, 0.15) is 0 Å². The molecule has 8 nitrogen and oxygen atoms in total. The number of carbonyl (C=O) groups excluding carboxylic acids is 1. The number of hydrogen-bond acceptors (Lipinski definition) is 7. The first-order chi connectivity index (χ1) is 15.6. The third-order valence-corrected chi connectivity index (χ3v) is 6.04. The lowest BCUT2D eigenvalue weighted by molar-refractivity contribution is -0.126. The van der Waals surface area contributed by atoms with Gasteiger partial charge in [-0.05, 0) is 67.9 Å². The third kappa shape index (κ3) is 4.71. The van der Waals surface area contributed by atoms with Crippen LogP contribution in [0.25, 0.3) is 11.4 Å². The first-order valence-electron chi connectivity index (χ1n) is 10.6. The maximum absolute atomic E-state index is 12.6. The molecule has 0 saturated carbocycles. The Morgan fingerprint density at radius 2 is 1.88 bits per heavy atom. The summed E-state index contributed by atoms with van der Waals surface area (Å²) in [6, 6.07) is 13.1. The molecular weight excluding hydrogens is 432 g/mol. The minimum atomic E-state index is 0.00701. The molecule has 166 valence electrons. The number of fused-ring (bicyclic) bond motifs is 1. The van der Waals surface area contributed by atoms with Crippen molar-refractivity contribution in [2.75, 3.05) is 19.9 Å². The molecule has 5 rings (SSSR count). The van der Waals surface area contributed by atoms with Crippen LogP contribution in [0.3, 0.4) is 0 Å². The van der Waals surface area contributed by atoms with Crippen molar-refractivity contribution in [1.82, 2.24) is 20.4 Å². The van der Waals surface area contributed by atoms with Crippen LogP contribution in [0.15, 0.2) is 47.0 Å². The number of likely N-dealkylation sites (tertiary alicyclic amines) is 1. The molecule has 1 aromatic heterocycles. The zero-order chi connectivity index (χ0) is 21.9. The quantitative estimate of drug-likeness (QED) is 0.608. The molecule has 3 aromatic rings. The number of nitrogens with zero attached hydrogens (tertiary/aromatic N) is 3. The topological polar surface area (TPSA) is 89.7 Å². The van der Waals surface area contributed by atoms with Crippen LogP contribution in [0.5, 0.6) is 11.5 Å². The molecule has 0 bridgehead atoms. The SMILES string of the molecule is O=C(NCc1ccc2c(c1)OCO2)C1CCN(Cc2nc(-c3ccc(Cl)cc3)no2)CC1. The molecule has 0 atom stereocenters. The molecule has 0 radical (unpaired) electrons. The lowest BCUT2D eigenvalue weighted by Crippen LogP contribution is -2.40. The van der Waals surface area contributed by atoms with Crippen LogP contribution in [0.1, 0.15) is 24.3 Å². The summed E-state index contributed by atoms with van der Waals surface area (Å²) in [4.78, 5) is 19.3. The maximum atomic E-state index is 12.6. The molecule has 1 amide bonds. The Hall–Kier alpha value is -3.10. The van der Waals surface area contributed by atoms with E-state index in [0.29, 0.717) is 29.8 Å². The zero-order valence-electron chi connectivity index (χ0n) is 17.4. The average Bonchev–Trinajstić information content (AvgIpc) is 3.48. The minimum Gasteiger partial charge on any atom is -0.454 e. The van der Waals surface area contributed by atoms with Crippen LogP contribution in [0.2, 0.25) is 5.02 Å². The van der Waals surface area contributed by atoms with Gasteiger partial charge < -0.3 is 19.3 Å².